The number of rotatable bonds is 3. The van der Waals surface area contributed by atoms with E-state index >= 15 is 0 Å². The molecule has 0 aliphatic rings. The van der Waals surface area contributed by atoms with Gasteiger partial charge in [0.05, 0.1) is 12.4 Å². The van der Waals surface area contributed by atoms with Gasteiger partial charge in [-0.05, 0) is 25.1 Å². The summed E-state index contributed by atoms with van der Waals surface area (Å²) in [7, 11) is 0. The Morgan fingerprint density at radius 1 is 1.57 bits per heavy atom. The van der Waals surface area contributed by atoms with Crippen molar-refractivity contribution in [2.24, 2.45) is 5.73 Å². The average molecular weight is 192 g/mol. The van der Waals surface area contributed by atoms with Crippen LogP contribution >= 0.6 is 0 Å². The van der Waals surface area contributed by atoms with Gasteiger partial charge in [-0.15, -0.1) is 0 Å². The third-order valence-corrected chi connectivity index (χ3v) is 2.16. The molecule has 0 radical (unpaired) electrons. The van der Waals surface area contributed by atoms with E-state index in [1.165, 1.54) is 6.26 Å². The van der Waals surface area contributed by atoms with Crippen molar-refractivity contribution < 1.29 is 9.52 Å². The molecule has 1 unspecified atom stereocenters. The highest BCUT2D eigenvalue weighted by atomic mass is 16.3. The number of aliphatic hydroxyl groups excluding tert-OH is 1. The number of nitrogens with two attached hydrogens (primary N) is 1. The molecule has 2 aromatic rings. The van der Waals surface area contributed by atoms with E-state index in [0.29, 0.717) is 29.6 Å². The fourth-order valence-corrected chi connectivity index (χ4v) is 1.43. The summed E-state index contributed by atoms with van der Waals surface area (Å²) in [5, 5.41) is 9.73. The summed E-state index contributed by atoms with van der Waals surface area (Å²) in [6.07, 6.45) is 3.15. The Kier molecular flexibility index (Phi) is 2.47. The number of nitrogens with zero attached hydrogens (tertiary/aromatic N) is 1. The molecule has 0 bridgehead atoms. The van der Waals surface area contributed by atoms with Crippen LogP contribution in [0.25, 0.3) is 11.1 Å². The van der Waals surface area contributed by atoms with Crippen LogP contribution in [0.15, 0.2) is 29.0 Å². The van der Waals surface area contributed by atoms with Crippen LogP contribution in [0.5, 0.6) is 0 Å². The maximum atomic E-state index is 9.73. The van der Waals surface area contributed by atoms with Crippen LogP contribution in [-0.4, -0.2) is 16.6 Å². The fourth-order valence-electron chi connectivity index (χ4n) is 1.43. The van der Waals surface area contributed by atoms with E-state index in [1.807, 2.05) is 6.07 Å². The largest absolute Gasteiger partial charge is 0.462 e. The van der Waals surface area contributed by atoms with Gasteiger partial charge in [0.2, 0.25) is 0 Å². The predicted molar refractivity (Wildman–Crippen MR) is 52.6 cm³/mol. The second-order valence-corrected chi connectivity index (χ2v) is 3.13. The topological polar surface area (TPSA) is 72.3 Å². The van der Waals surface area contributed by atoms with E-state index in [1.54, 1.807) is 12.3 Å². The molecule has 0 aromatic carbocycles. The first-order valence-electron chi connectivity index (χ1n) is 4.53. The Morgan fingerprint density at radius 2 is 2.43 bits per heavy atom. The van der Waals surface area contributed by atoms with E-state index in [4.69, 9.17) is 10.2 Å². The molecule has 1 atom stereocenters. The number of hydrogen-bond donors (Lipinski definition) is 2. The van der Waals surface area contributed by atoms with E-state index in [2.05, 4.69) is 4.98 Å². The molecule has 0 aliphatic carbocycles. The van der Waals surface area contributed by atoms with Gasteiger partial charge in [-0.1, -0.05) is 0 Å². The molecule has 2 rings (SSSR count). The highest BCUT2D eigenvalue weighted by Gasteiger charge is 2.14. The minimum atomic E-state index is -0.587. The van der Waals surface area contributed by atoms with Crippen LogP contribution in [-0.2, 0) is 0 Å². The van der Waals surface area contributed by atoms with E-state index in [-0.39, 0.29) is 0 Å². The van der Waals surface area contributed by atoms with Gasteiger partial charge in [-0.2, -0.15) is 0 Å². The maximum absolute atomic E-state index is 9.73. The standard InChI is InChI=1S/C10H12N2O2/c11-4-3-8(13)7-6-14-9-2-1-5-12-10(7)9/h1-2,5-6,8,13H,3-4,11H2. The van der Waals surface area contributed by atoms with Gasteiger partial charge in [0.15, 0.2) is 5.58 Å². The Labute approximate surface area is 81.4 Å². The molecule has 0 saturated carbocycles. The van der Waals surface area contributed by atoms with Crippen LogP contribution < -0.4 is 5.73 Å². The third kappa shape index (κ3) is 1.49. The Bertz CT molecular complexity index is 425. The zero-order valence-corrected chi connectivity index (χ0v) is 7.68. The lowest BCUT2D eigenvalue weighted by molar-refractivity contribution is 0.170. The average Bonchev–Trinajstić information content (AvgIpc) is 2.61. The highest BCUT2D eigenvalue weighted by Crippen LogP contribution is 2.25. The fraction of sp³-hybridized carbons (Fsp3) is 0.300. The van der Waals surface area contributed by atoms with Crippen molar-refractivity contribution in [2.45, 2.75) is 12.5 Å². The molecule has 4 nitrogen and oxygen atoms in total. The first-order chi connectivity index (χ1) is 6.83. The lowest BCUT2D eigenvalue weighted by atomic mass is 10.1. The summed E-state index contributed by atoms with van der Waals surface area (Å²) in [4.78, 5) is 4.15. The number of fused-ring (bicyclic) bond motifs is 1. The van der Waals surface area contributed by atoms with Crippen molar-refractivity contribution in [1.29, 1.82) is 0 Å². The van der Waals surface area contributed by atoms with Crippen molar-refractivity contribution in [3.8, 4) is 0 Å². The molecule has 74 valence electrons. The van der Waals surface area contributed by atoms with Gasteiger partial charge >= 0.3 is 0 Å². The van der Waals surface area contributed by atoms with Crippen LogP contribution in [0.2, 0.25) is 0 Å². The normalized spacial score (nSPS) is 13.3. The van der Waals surface area contributed by atoms with Gasteiger partial charge < -0.3 is 15.3 Å². The molecule has 0 saturated heterocycles. The highest BCUT2D eigenvalue weighted by molar-refractivity contribution is 5.76. The minimum absolute atomic E-state index is 0.445. The molecule has 14 heavy (non-hydrogen) atoms. The first kappa shape index (κ1) is 9.18. The minimum Gasteiger partial charge on any atom is -0.462 e. The Morgan fingerprint density at radius 3 is 3.21 bits per heavy atom. The zero-order valence-electron chi connectivity index (χ0n) is 7.68. The Balaban J connectivity index is 2.42. The van der Waals surface area contributed by atoms with Gasteiger partial charge in [-0.3, -0.25) is 4.98 Å². The summed E-state index contributed by atoms with van der Waals surface area (Å²) in [5.74, 6) is 0. The SMILES string of the molecule is NCCC(O)c1coc2cccnc12. The van der Waals surface area contributed by atoms with Crippen molar-refractivity contribution in [3.05, 3.63) is 30.2 Å². The number of hydrogen-bond acceptors (Lipinski definition) is 4. The van der Waals surface area contributed by atoms with E-state index in [0.717, 1.165) is 0 Å². The number of aliphatic hydroxyl groups is 1. The monoisotopic (exact) mass is 192 g/mol. The molecule has 2 aromatic heterocycles. The van der Waals surface area contributed by atoms with Gasteiger partial charge in [0, 0.05) is 11.8 Å². The smallest absolute Gasteiger partial charge is 0.152 e. The molecular weight excluding hydrogens is 180 g/mol. The van der Waals surface area contributed by atoms with Gasteiger partial charge in [0.1, 0.15) is 5.52 Å². The van der Waals surface area contributed by atoms with Crippen molar-refractivity contribution in [2.75, 3.05) is 6.54 Å². The second kappa shape index (κ2) is 3.77. The Hall–Kier alpha value is -1.39. The van der Waals surface area contributed by atoms with Crippen molar-refractivity contribution >= 4 is 11.1 Å². The lowest BCUT2D eigenvalue weighted by Crippen LogP contribution is -2.06. The number of aromatic nitrogens is 1. The summed E-state index contributed by atoms with van der Waals surface area (Å²) in [5.41, 5.74) is 7.49. The van der Waals surface area contributed by atoms with Crippen molar-refractivity contribution in [1.82, 2.24) is 4.98 Å². The molecule has 4 heteroatoms. The third-order valence-electron chi connectivity index (χ3n) is 2.16. The number of pyridine rings is 1. The molecule has 0 amide bonds. The van der Waals surface area contributed by atoms with E-state index < -0.39 is 6.10 Å². The molecule has 0 fully saturated rings. The predicted octanol–water partition coefficient (Wildman–Crippen LogP) is 1.21. The summed E-state index contributed by atoms with van der Waals surface area (Å²) in [6.45, 7) is 0.445. The van der Waals surface area contributed by atoms with Crippen LogP contribution in [0.1, 0.15) is 18.1 Å². The summed E-state index contributed by atoms with van der Waals surface area (Å²) in [6, 6.07) is 3.62. The molecule has 0 aliphatic heterocycles. The summed E-state index contributed by atoms with van der Waals surface area (Å²) < 4.78 is 5.25. The maximum Gasteiger partial charge on any atom is 0.152 e. The van der Waals surface area contributed by atoms with Crippen LogP contribution in [0, 0.1) is 0 Å². The number of furan rings is 1. The summed E-state index contributed by atoms with van der Waals surface area (Å²) >= 11 is 0. The van der Waals surface area contributed by atoms with Gasteiger partial charge in [0.25, 0.3) is 0 Å². The molecule has 0 spiro atoms. The molecule has 3 N–H and O–H groups in total. The molecular formula is C10H12N2O2. The van der Waals surface area contributed by atoms with Crippen LogP contribution in [0.4, 0.5) is 0 Å². The second-order valence-electron chi connectivity index (χ2n) is 3.13. The van der Waals surface area contributed by atoms with E-state index in [9.17, 15) is 5.11 Å². The van der Waals surface area contributed by atoms with Crippen LogP contribution in [0.3, 0.4) is 0 Å². The van der Waals surface area contributed by atoms with Gasteiger partial charge in [-0.25, -0.2) is 0 Å². The first-order valence-corrected chi connectivity index (χ1v) is 4.53. The lowest BCUT2D eigenvalue weighted by Gasteiger charge is -2.05. The zero-order chi connectivity index (χ0) is 9.97. The molecule has 2 heterocycles. The van der Waals surface area contributed by atoms with Crippen molar-refractivity contribution in [3.63, 3.8) is 0 Å². The quantitative estimate of drug-likeness (QED) is 0.766.